The van der Waals surface area contributed by atoms with Crippen LogP contribution >= 0.6 is 0 Å². The first-order valence-electron chi connectivity index (χ1n) is 6.14. The Balaban J connectivity index is 2.77. The lowest BCUT2D eigenvalue weighted by Crippen LogP contribution is -2.33. The first-order chi connectivity index (χ1) is 8.45. The molecular formula is C14H23N3O. The minimum atomic E-state index is 0.0806. The normalized spacial score (nSPS) is 10.6. The lowest BCUT2D eigenvalue weighted by Gasteiger charge is -2.20. The van der Waals surface area contributed by atoms with E-state index in [4.69, 9.17) is 0 Å². The molecule has 0 saturated carbocycles. The van der Waals surface area contributed by atoms with Crippen molar-refractivity contribution in [2.45, 2.75) is 6.92 Å². The van der Waals surface area contributed by atoms with E-state index in [1.807, 2.05) is 53.3 Å². The number of nitrogens with one attached hydrogen (secondary N) is 1. The number of amides is 1. The number of benzene rings is 1. The number of nitrogens with zero attached hydrogens (tertiary/aromatic N) is 2. The molecule has 0 aliphatic carbocycles. The minimum Gasteiger partial charge on any atom is -0.388 e. The molecule has 1 amide bonds. The lowest BCUT2D eigenvalue weighted by molar-refractivity contribution is 0.0785. The number of aryl methyl sites for hydroxylation is 1. The Kier molecular flexibility index (Phi) is 5.16. The second-order valence-corrected chi connectivity index (χ2v) is 4.81. The quantitative estimate of drug-likeness (QED) is 0.862. The van der Waals surface area contributed by atoms with Crippen molar-refractivity contribution in [3.05, 3.63) is 29.3 Å². The largest absolute Gasteiger partial charge is 0.388 e. The number of anilines is 1. The SMILES string of the molecule is CNc1ccc(C(=O)N(C)CCN(C)C)c(C)c1. The molecule has 1 N–H and O–H groups in total. The predicted octanol–water partition coefficient (Wildman–Crippen LogP) is 1.67. The van der Waals surface area contributed by atoms with Crippen molar-refractivity contribution >= 4 is 11.6 Å². The van der Waals surface area contributed by atoms with E-state index in [9.17, 15) is 4.79 Å². The highest BCUT2D eigenvalue weighted by atomic mass is 16.2. The fraction of sp³-hybridized carbons (Fsp3) is 0.500. The Morgan fingerprint density at radius 2 is 1.89 bits per heavy atom. The Morgan fingerprint density at radius 1 is 1.22 bits per heavy atom. The van der Waals surface area contributed by atoms with E-state index < -0.39 is 0 Å². The standard InChI is InChI=1S/C14H23N3O/c1-11-10-12(15-2)6-7-13(11)14(18)17(5)9-8-16(3)4/h6-7,10,15H,8-9H2,1-5H3. The van der Waals surface area contributed by atoms with Crippen LogP contribution in [-0.2, 0) is 0 Å². The Morgan fingerprint density at radius 3 is 2.39 bits per heavy atom. The van der Waals surface area contributed by atoms with Crippen LogP contribution in [0.5, 0.6) is 0 Å². The average molecular weight is 249 g/mol. The van der Waals surface area contributed by atoms with Crippen LogP contribution in [0.15, 0.2) is 18.2 Å². The predicted molar refractivity (Wildman–Crippen MR) is 76.2 cm³/mol. The summed E-state index contributed by atoms with van der Waals surface area (Å²) in [4.78, 5) is 16.1. The van der Waals surface area contributed by atoms with Gasteiger partial charge in [-0.25, -0.2) is 0 Å². The summed E-state index contributed by atoms with van der Waals surface area (Å²) in [5.74, 6) is 0.0806. The van der Waals surface area contributed by atoms with Crippen molar-refractivity contribution < 1.29 is 4.79 Å². The van der Waals surface area contributed by atoms with Gasteiger partial charge in [0.15, 0.2) is 0 Å². The molecule has 0 heterocycles. The van der Waals surface area contributed by atoms with Crippen LogP contribution in [0.25, 0.3) is 0 Å². The van der Waals surface area contributed by atoms with Gasteiger partial charge in [0, 0.05) is 38.4 Å². The molecular weight excluding hydrogens is 226 g/mol. The zero-order chi connectivity index (χ0) is 13.7. The summed E-state index contributed by atoms with van der Waals surface area (Å²) in [5, 5.41) is 3.07. The Bertz CT molecular complexity index is 416. The van der Waals surface area contributed by atoms with Crippen LogP contribution in [0.1, 0.15) is 15.9 Å². The van der Waals surface area contributed by atoms with Gasteiger partial charge in [-0.1, -0.05) is 0 Å². The molecule has 0 aromatic heterocycles. The van der Waals surface area contributed by atoms with E-state index in [0.717, 1.165) is 29.9 Å². The van der Waals surface area contributed by atoms with Crippen molar-refractivity contribution in [3.63, 3.8) is 0 Å². The van der Waals surface area contributed by atoms with Crippen molar-refractivity contribution in [1.29, 1.82) is 0 Å². The Hall–Kier alpha value is -1.55. The molecule has 18 heavy (non-hydrogen) atoms. The molecule has 4 nitrogen and oxygen atoms in total. The number of likely N-dealkylation sites (N-methyl/N-ethyl adjacent to an activating group) is 2. The van der Waals surface area contributed by atoms with Crippen LogP contribution in [0.4, 0.5) is 5.69 Å². The van der Waals surface area contributed by atoms with Gasteiger partial charge in [-0.2, -0.15) is 0 Å². The van der Waals surface area contributed by atoms with Gasteiger partial charge < -0.3 is 15.1 Å². The molecule has 4 heteroatoms. The van der Waals surface area contributed by atoms with Crippen molar-refractivity contribution in [2.75, 3.05) is 46.6 Å². The van der Waals surface area contributed by atoms with E-state index in [1.54, 1.807) is 4.90 Å². The molecule has 0 fully saturated rings. The summed E-state index contributed by atoms with van der Waals surface area (Å²) in [6.45, 7) is 3.57. The summed E-state index contributed by atoms with van der Waals surface area (Å²) in [5.41, 5.74) is 2.80. The number of hydrogen-bond acceptors (Lipinski definition) is 3. The smallest absolute Gasteiger partial charge is 0.253 e. The van der Waals surface area contributed by atoms with Gasteiger partial charge in [0.2, 0.25) is 0 Å². The maximum atomic E-state index is 12.3. The van der Waals surface area contributed by atoms with Crippen LogP contribution in [0.2, 0.25) is 0 Å². The molecule has 0 aliphatic rings. The van der Waals surface area contributed by atoms with Crippen LogP contribution in [0, 0.1) is 6.92 Å². The van der Waals surface area contributed by atoms with Gasteiger partial charge in [0.25, 0.3) is 5.91 Å². The fourth-order valence-corrected chi connectivity index (χ4v) is 1.72. The zero-order valence-corrected chi connectivity index (χ0v) is 11.9. The number of carbonyl (C=O) groups is 1. The molecule has 1 rings (SSSR count). The second kappa shape index (κ2) is 6.40. The maximum Gasteiger partial charge on any atom is 0.253 e. The lowest BCUT2D eigenvalue weighted by atomic mass is 10.1. The van der Waals surface area contributed by atoms with Crippen LogP contribution in [0.3, 0.4) is 0 Å². The fourth-order valence-electron chi connectivity index (χ4n) is 1.72. The third kappa shape index (κ3) is 3.74. The highest BCUT2D eigenvalue weighted by molar-refractivity contribution is 5.95. The third-order valence-corrected chi connectivity index (χ3v) is 2.97. The van der Waals surface area contributed by atoms with Gasteiger partial charge in [-0.15, -0.1) is 0 Å². The van der Waals surface area contributed by atoms with E-state index >= 15 is 0 Å². The molecule has 1 aromatic carbocycles. The summed E-state index contributed by atoms with van der Waals surface area (Å²) >= 11 is 0. The second-order valence-electron chi connectivity index (χ2n) is 4.81. The molecule has 100 valence electrons. The summed E-state index contributed by atoms with van der Waals surface area (Å²) < 4.78 is 0. The first kappa shape index (κ1) is 14.5. The van der Waals surface area contributed by atoms with E-state index in [0.29, 0.717) is 0 Å². The minimum absolute atomic E-state index is 0.0806. The summed E-state index contributed by atoms with van der Waals surface area (Å²) in [6.07, 6.45) is 0. The number of carbonyl (C=O) groups excluding carboxylic acids is 1. The van der Waals surface area contributed by atoms with E-state index in [2.05, 4.69) is 10.2 Å². The average Bonchev–Trinajstić information content (AvgIpc) is 2.34. The van der Waals surface area contributed by atoms with Crippen molar-refractivity contribution in [1.82, 2.24) is 9.80 Å². The topological polar surface area (TPSA) is 35.6 Å². The highest BCUT2D eigenvalue weighted by Gasteiger charge is 2.14. The number of hydrogen-bond donors (Lipinski definition) is 1. The van der Waals surface area contributed by atoms with E-state index in [1.165, 1.54) is 0 Å². The molecule has 0 atom stereocenters. The van der Waals surface area contributed by atoms with Crippen molar-refractivity contribution in [2.24, 2.45) is 0 Å². The molecule has 1 aromatic rings. The summed E-state index contributed by atoms with van der Waals surface area (Å²) in [7, 11) is 7.73. The molecule has 0 saturated heterocycles. The molecule has 0 spiro atoms. The van der Waals surface area contributed by atoms with Gasteiger partial charge in [-0.3, -0.25) is 4.79 Å². The molecule has 0 bridgehead atoms. The van der Waals surface area contributed by atoms with Crippen LogP contribution < -0.4 is 5.32 Å². The van der Waals surface area contributed by atoms with Gasteiger partial charge in [0.1, 0.15) is 0 Å². The zero-order valence-electron chi connectivity index (χ0n) is 11.9. The summed E-state index contributed by atoms with van der Waals surface area (Å²) in [6, 6.07) is 5.81. The van der Waals surface area contributed by atoms with Crippen molar-refractivity contribution in [3.8, 4) is 0 Å². The van der Waals surface area contributed by atoms with Gasteiger partial charge >= 0.3 is 0 Å². The van der Waals surface area contributed by atoms with Crippen LogP contribution in [-0.4, -0.2) is 57.0 Å². The monoisotopic (exact) mass is 249 g/mol. The first-order valence-corrected chi connectivity index (χ1v) is 6.14. The maximum absolute atomic E-state index is 12.3. The molecule has 0 unspecified atom stereocenters. The highest BCUT2D eigenvalue weighted by Crippen LogP contribution is 2.16. The van der Waals surface area contributed by atoms with E-state index in [-0.39, 0.29) is 5.91 Å². The molecule has 0 radical (unpaired) electrons. The Labute approximate surface area is 110 Å². The van der Waals surface area contributed by atoms with Gasteiger partial charge in [0.05, 0.1) is 0 Å². The number of rotatable bonds is 5. The third-order valence-electron chi connectivity index (χ3n) is 2.97. The van der Waals surface area contributed by atoms with Gasteiger partial charge in [-0.05, 0) is 44.8 Å². The molecule has 0 aliphatic heterocycles.